The Bertz CT molecular complexity index is 2590. The molecule has 2 aromatic carbocycles. The van der Waals surface area contributed by atoms with E-state index in [4.69, 9.17) is 4.74 Å². The lowest BCUT2D eigenvalue weighted by atomic mass is 9.85. The summed E-state index contributed by atoms with van der Waals surface area (Å²) in [5.74, 6) is -2.70. The molecule has 1 aliphatic heterocycles. The van der Waals surface area contributed by atoms with Crippen molar-refractivity contribution in [1.29, 1.82) is 0 Å². The van der Waals surface area contributed by atoms with Crippen LogP contribution in [0.1, 0.15) is 61.8 Å². The zero-order valence-electron chi connectivity index (χ0n) is 37.6. The molecule has 1 fully saturated rings. The molecule has 3 aromatic heterocycles. The number of methoxy groups -OCH3 is 1. The molecule has 5 aromatic rings. The highest BCUT2D eigenvalue weighted by atomic mass is 32.1. The first-order valence-corrected chi connectivity index (χ1v) is 21.8. The van der Waals surface area contributed by atoms with Gasteiger partial charge >= 0.3 is 0 Å². The molecule has 3 atom stereocenters. The van der Waals surface area contributed by atoms with Gasteiger partial charge in [0.1, 0.15) is 18.4 Å². The fourth-order valence-electron chi connectivity index (χ4n) is 7.17. The van der Waals surface area contributed by atoms with Crippen LogP contribution in [-0.2, 0) is 37.6 Å². The van der Waals surface area contributed by atoms with Crippen LogP contribution in [0.4, 0.5) is 17.2 Å². The van der Waals surface area contributed by atoms with Gasteiger partial charge in [-0.2, -0.15) is 5.10 Å². The van der Waals surface area contributed by atoms with Crippen molar-refractivity contribution in [3.8, 4) is 27.6 Å². The number of hydrogen-bond donors (Lipinski definition) is 7. The van der Waals surface area contributed by atoms with Crippen molar-refractivity contribution in [2.75, 3.05) is 37.9 Å². The Morgan fingerprint density at radius 2 is 1.70 bits per heavy atom. The predicted octanol–water partition coefficient (Wildman–Crippen LogP) is 2.46. The third-order valence-corrected chi connectivity index (χ3v) is 11.5. The van der Waals surface area contributed by atoms with E-state index in [0.29, 0.717) is 22.8 Å². The van der Waals surface area contributed by atoms with E-state index in [0.717, 1.165) is 21.7 Å². The molecule has 1 aliphatic rings. The normalized spacial score (nSPS) is 15.1. The van der Waals surface area contributed by atoms with E-state index in [1.807, 2.05) is 31.2 Å². The van der Waals surface area contributed by atoms with Crippen LogP contribution in [0.5, 0.6) is 5.75 Å². The highest BCUT2D eigenvalue weighted by molar-refractivity contribution is 7.13. The second-order valence-corrected chi connectivity index (χ2v) is 17.4. The topological polar surface area (TPSA) is 277 Å². The van der Waals surface area contributed by atoms with Crippen LogP contribution in [0.15, 0.2) is 60.4 Å². The number of amides is 6. The number of aliphatic hydroxyl groups is 1. The predicted molar refractivity (Wildman–Crippen MR) is 244 cm³/mol. The lowest BCUT2D eigenvalue weighted by molar-refractivity contribution is -0.144. The number of carbonyl (C=O) groups is 6. The number of para-hydroxylation sites is 1. The Balaban J connectivity index is 1.01. The van der Waals surface area contributed by atoms with Crippen LogP contribution in [-0.4, -0.2) is 121 Å². The first-order valence-electron chi connectivity index (χ1n) is 21.0. The molecule has 0 aliphatic carbocycles. The molecule has 1 saturated heterocycles. The van der Waals surface area contributed by atoms with Crippen molar-refractivity contribution in [2.45, 2.75) is 71.7 Å². The van der Waals surface area contributed by atoms with Gasteiger partial charge in [-0.05, 0) is 35.6 Å². The van der Waals surface area contributed by atoms with Crippen LogP contribution < -0.4 is 36.6 Å². The van der Waals surface area contributed by atoms with Crippen molar-refractivity contribution >= 4 is 64.0 Å². The maximum absolute atomic E-state index is 14.0. The number of nitrogens with zero attached hydrogens (tertiary/aromatic N) is 7. The van der Waals surface area contributed by atoms with E-state index in [1.54, 1.807) is 73.9 Å². The molecule has 6 rings (SSSR count). The number of anilines is 3. The zero-order chi connectivity index (χ0) is 47.7. The molecule has 66 heavy (non-hydrogen) atoms. The molecule has 348 valence electrons. The first kappa shape index (κ1) is 48.1. The van der Waals surface area contributed by atoms with Gasteiger partial charge in [-0.3, -0.25) is 33.4 Å². The summed E-state index contributed by atoms with van der Waals surface area (Å²) in [5.41, 5.74) is 4.87. The Kier molecular flexibility index (Phi) is 15.4. The highest BCUT2D eigenvalue weighted by Crippen LogP contribution is 2.37. The van der Waals surface area contributed by atoms with Gasteiger partial charge in [-0.1, -0.05) is 51.1 Å². The van der Waals surface area contributed by atoms with Gasteiger partial charge in [0.25, 0.3) is 5.91 Å². The van der Waals surface area contributed by atoms with Crippen LogP contribution in [0.2, 0.25) is 0 Å². The third-order valence-electron chi connectivity index (χ3n) is 10.6. The molecule has 0 saturated carbocycles. The van der Waals surface area contributed by atoms with E-state index < -0.39 is 65.6 Å². The number of rotatable bonds is 17. The maximum Gasteiger partial charge on any atom is 0.273 e. The smallest absolute Gasteiger partial charge is 0.273 e. The molecule has 7 N–H and O–H groups in total. The Hall–Kier alpha value is -7.33. The van der Waals surface area contributed by atoms with Crippen molar-refractivity contribution in [3.63, 3.8) is 0 Å². The summed E-state index contributed by atoms with van der Waals surface area (Å²) in [5, 5.41) is 39.1. The fourth-order valence-corrected chi connectivity index (χ4v) is 7.98. The summed E-state index contributed by atoms with van der Waals surface area (Å²) >= 11 is 1.55. The van der Waals surface area contributed by atoms with Crippen molar-refractivity contribution < 1.29 is 38.6 Å². The number of thiazole rings is 1. The molecule has 0 spiro atoms. The number of hydrogen-bond acceptors (Lipinski definition) is 15. The molecule has 21 nitrogen and oxygen atoms in total. The number of carbonyl (C=O) groups excluding carboxylic acids is 6. The number of likely N-dealkylation sites (tertiary alicyclic amines) is 1. The van der Waals surface area contributed by atoms with Gasteiger partial charge in [0, 0.05) is 52.5 Å². The van der Waals surface area contributed by atoms with Gasteiger partial charge in [-0.25, -0.2) is 9.97 Å². The van der Waals surface area contributed by atoms with E-state index in [1.165, 1.54) is 25.1 Å². The SMILES string of the molecule is CNC(=O)c1nnc(NC(=O)CNC(=O)CCC(=O)N[C@H](C(=O)N2C[C@H](O)C[C@H]2C(=O)NCc2ccc(-c3scnc3C)cc2)C(C)(C)C)cc1Nc1cccc(-c2ncn(C)n2)c1OC. The number of benzene rings is 2. The van der Waals surface area contributed by atoms with Crippen molar-refractivity contribution in [1.82, 2.24) is 56.1 Å². The van der Waals surface area contributed by atoms with E-state index >= 15 is 0 Å². The molecule has 0 bridgehead atoms. The van der Waals surface area contributed by atoms with E-state index in [-0.39, 0.29) is 49.6 Å². The minimum Gasteiger partial charge on any atom is -0.494 e. The molecular formula is C44H53N13O8S. The molecule has 6 amide bonds. The largest absolute Gasteiger partial charge is 0.494 e. The van der Waals surface area contributed by atoms with E-state index in [2.05, 4.69) is 57.2 Å². The summed E-state index contributed by atoms with van der Waals surface area (Å²) in [7, 11) is 4.63. The molecule has 22 heteroatoms. The average molecular weight is 924 g/mol. The Morgan fingerprint density at radius 1 is 0.955 bits per heavy atom. The lowest BCUT2D eigenvalue weighted by Crippen LogP contribution is -2.57. The molecule has 4 heterocycles. The summed E-state index contributed by atoms with van der Waals surface area (Å²) in [6.45, 7) is 6.83. The highest BCUT2D eigenvalue weighted by Gasteiger charge is 2.44. The van der Waals surface area contributed by atoms with Crippen LogP contribution >= 0.6 is 11.3 Å². The molecule has 0 unspecified atom stereocenters. The number of aromatic nitrogens is 6. The number of aryl methyl sites for hydroxylation is 2. The monoisotopic (exact) mass is 923 g/mol. The number of aliphatic hydroxyl groups excluding tert-OH is 1. The van der Waals surface area contributed by atoms with Crippen molar-refractivity contribution in [3.05, 3.63) is 77.3 Å². The maximum atomic E-state index is 14.0. The Morgan fingerprint density at radius 3 is 2.35 bits per heavy atom. The quantitative estimate of drug-likeness (QED) is 0.0706. The number of nitrogens with one attached hydrogen (secondary N) is 6. The third kappa shape index (κ3) is 11.9. The Labute approximate surface area is 384 Å². The first-order chi connectivity index (χ1) is 31.4. The summed E-state index contributed by atoms with van der Waals surface area (Å²) in [6, 6.07) is 12.3. The van der Waals surface area contributed by atoms with Crippen LogP contribution in [0.25, 0.3) is 21.8 Å². The standard InChI is InChI=1S/C44H53N13O8S/c1-24-38(66-23-49-24)26-13-11-25(12-14-26)19-47-41(62)31-17-27(58)21-57(31)43(64)39(44(2,3)4)52-34(60)16-15-33(59)46-20-35(61)51-32-18-30(36(54-53-32)42(63)45-5)50-29-10-8-9-28(37(29)65-7)40-48-22-56(6)55-40/h8-14,18,22-23,27,31,39,58H,15-17,19-21H2,1-7H3,(H,45,63)(H,46,59)(H,47,62)(H,52,60)(H2,50,51,53,61)/t27-,31+,39-/m1/s1. The molecular weight excluding hydrogens is 871 g/mol. The average Bonchev–Trinajstić information content (AvgIpc) is 4.04. The minimum absolute atomic E-state index is 0.0285. The fraction of sp³-hybridized carbons (Fsp3) is 0.386. The second kappa shape index (κ2) is 21.1. The number of ether oxygens (including phenoxy) is 1. The summed E-state index contributed by atoms with van der Waals surface area (Å²) in [6.07, 6.45) is -0.000496. The van der Waals surface area contributed by atoms with Crippen LogP contribution in [0, 0.1) is 12.3 Å². The summed E-state index contributed by atoms with van der Waals surface area (Å²) < 4.78 is 7.22. The minimum atomic E-state index is -1.10. The van der Waals surface area contributed by atoms with E-state index in [9.17, 15) is 33.9 Å². The molecule has 0 radical (unpaired) electrons. The van der Waals surface area contributed by atoms with Crippen molar-refractivity contribution in [2.24, 2.45) is 12.5 Å². The van der Waals surface area contributed by atoms with Gasteiger partial charge in [-0.15, -0.1) is 21.5 Å². The number of β-amino-alcohol motifs (C(OH)–C–C–N with tert-alkyl or cyclic N) is 1. The van der Waals surface area contributed by atoms with Crippen LogP contribution in [0.3, 0.4) is 0 Å². The summed E-state index contributed by atoms with van der Waals surface area (Å²) in [4.78, 5) is 90.1. The van der Waals surface area contributed by atoms with Gasteiger partial charge in [0.2, 0.25) is 29.5 Å². The van der Waals surface area contributed by atoms with Gasteiger partial charge in [0.05, 0.1) is 52.8 Å². The second-order valence-electron chi connectivity index (χ2n) is 16.6. The van der Waals surface area contributed by atoms with Gasteiger partial charge < -0.3 is 46.6 Å². The van der Waals surface area contributed by atoms with Gasteiger partial charge in [0.15, 0.2) is 23.1 Å². The lowest BCUT2D eigenvalue weighted by Gasteiger charge is -2.35. The zero-order valence-corrected chi connectivity index (χ0v) is 38.4.